The Labute approximate surface area is 97.0 Å². The van der Waals surface area contributed by atoms with E-state index in [1.807, 2.05) is 31.2 Å². The maximum Gasteiger partial charge on any atom is 0.321 e. The number of aryl methyl sites for hydroxylation is 1. The first kappa shape index (κ1) is 14.0. The number of benzene rings is 1. The van der Waals surface area contributed by atoms with Crippen molar-refractivity contribution >= 4 is 19.5 Å². The van der Waals surface area contributed by atoms with E-state index in [0.717, 1.165) is 11.1 Å². The largest absolute Gasteiger partial charge is 0.480 e. The van der Waals surface area contributed by atoms with E-state index in [-0.39, 0.29) is 13.5 Å². The maximum absolute atomic E-state index is 10.8. The Morgan fingerprint density at radius 3 is 2.67 bits per heavy atom. The molecular weight excluding hydrogens is 210 g/mol. The Bertz CT molecular complexity index is 328. The van der Waals surface area contributed by atoms with Gasteiger partial charge in [0, 0.05) is 0 Å². The molecule has 0 aliphatic rings. The molecule has 1 aromatic rings. The molecule has 0 heterocycles. The normalized spacial score (nSPS) is 11.6. The summed E-state index contributed by atoms with van der Waals surface area (Å²) in [4.78, 5) is 10.8. The highest BCUT2D eigenvalue weighted by Gasteiger charge is 2.14. The Kier molecular flexibility index (Phi) is 6.05. The number of carbonyl (C=O) groups is 1. The van der Waals surface area contributed by atoms with Gasteiger partial charge in [-0.05, 0) is 26.0 Å². The quantitative estimate of drug-likeness (QED) is 0.815. The Hall–Kier alpha value is -1.00. The Morgan fingerprint density at radius 2 is 2.20 bits per heavy atom. The third-order valence-corrected chi connectivity index (χ3v) is 2.17. The van der Waals surface area contributed by atoms with Crippen LogP contribution in [0, 0.1) is 6.92 Å². The van der Waals surface area contributed by atoms with Crippen LogP contribution in [0.3, 0.4) is 0 Å². The van der Waals surface area contributed by atoms with Gasteiger partial charge in [0.25, 0.3) is 0 Å². The third-order valence-electron chi connectivity index (χ3n) is 2.17. The molecule has 0 radical (unpaired) electrons. The zero-order chi connectivity index (χ0) is 10.6. The predicted molar refractivity (Wildman–Crippen MR) is 65.7 cm³/mol. The van der Waals surface area contributed by atoms with E-state index in [0.29, 0.717) is 6.42 Å². The van der Waals surface area contributed by atoms with Crippen LogP contribution >= 0.6 is 13.5 Å². The van der Waals surface area contributed by atoms with Gasteiger partial charge in [0.1, 0.15) is 6.04 Å². The minimum absolute atomic E-state index is 0. The first-order valence-electron chi connectivity index (χ1n) is 4.59. The lowest BCUT2D eigenvalue weighted by Gasteiger charge is -2.11. The van der Waals surface area contributed by atoms with Crippen LogP contribution in [0.1, 0.15) is 11.1 Å². The number of carboxylic acid groups (broad SMARTS) is 1. The van der Waals surface area contributed by atoms with Gasteiger partial charge in [0.05, 0.1) is 0 Å². The second-order valence-corrected chi connectivity index (χ2v) is 3.37. The summed E-state index contributed by atoms with van der Waals surface area (Å²) in [6.45, 7) is 2.00. The molecule has 0 saturated carbocycles. The minimum atomic E-state index is -0.811. The summed E-state index contributed by atoms with van der Waals surface area (Å²) in [5, 5.41) is 11.6. The van der Waals surface area contributed by atoms with E-state index < -0.39 is 12.0 Å². The molecule has 4 heteroatoms. The summed E-state index contributed by atoms with van der Waals surface area (Å²) < 4.78 is 0. The molecule has 1 atom stereocenters. The van der Waals surface area contributed by atoms with Crippen molar-refractivity contribution in [1.82, 2.24) is 5.32 Å². The molecule has 0 bridgehead atoms. The molecule has 0 unspecified atom stereocenters. The molecule has 0 aromatic heterocycles. The van der Waals surface area contributed by atoms with Crippen LogP contribution in [0.15, 0.2) is 24.3 Å². The van der Waals surface area contributed by atoms with Gasteiger partial charge in [-0.25, -0.2) is 0 Å². The highest BCUT2D eigenvalue weighted by molar-refractivity contribution is 7.59. The lowest BCUT2D eigenvalue weighted by molar-refractivity contribution is -0.139. The molecule has 3 nitrogen and oxygen atoms in total. The van der Waals surface area contributed by atoms with Crippen LogP contribution in [0.25, 0.3) is 0 Å². The minimum Gasteiger partial charge on any atom is -0.480 e. The van der Waals surface area contributed by atoms with E-state index in [1.165, 1.54) is 0 Å². The van der Waals surface area contributed by atoms with E-state index in [9.17, 15) is 4.79 Å². The molecule has 0 spiro atoms. The van der Waals surface area contributed by atoms with Crippen LogP contribution in [0.4, 0.5) is 0 Å². The molecule has 2 N–H and O–H groups in total. The van der Waals surface area contributed by atoms with Crippen LogP contribution in [-0.4, -0.2) is 24.2 Å². The topological polar surface area (TPSA) is 49.3 Å². The molecular formula is C11H17NO2S. The second kappa shape index (κ2) is 6.48. The maximum atomic E-state index is 10.8. The monoisotopic (exact) mass is 227 g/mol. The van der Waals surface area contributed by atoms with E-state index >= 15 is 0 Å². The van der Waals surface area contributed by atoms with Crippen molar-refractivity contribution < 1.29 is 9.90 Å². The number of carboxylic acids is 1. The van der Waals surface area contributed by atoms with Crippen molar-refractivity contribution in [3.8, 4) is 0 Å². The van der Waals surface area contributed by atoms with Crippen LogP contribution in [0.2, 0.25) is 0 Å². The van der Waals surface area contributed by atoms with Gasteiger partial charge < -0.3 is 10.4 Å². The SMILES string of the molecule is CN[C@@H](Cc1cccc(C)c1)C(=O)O.S. The number of aliphatic carboxylic acids is 1. The van der Waals surface area contributed by atoms with E-state index in [1.54, 1.807) is 7.05 Å². The Morgan fingerprint density at radius 1 is 1.53 bits per heavy atom. The highest BCUT2D eigenvalue weighted by Crippen LogP contribution is 2.06. The first-order valence-corrected chi connectivity index (χ1v) is 4.59. The number of rotatable bonds is 4. The fourth-order valence-corrected chi connectivity index (χ4v) is 1.39. The predicted octanol–water partition coefficient (Wildman–Crippen LogP) is 1.32. The van der Waals surface area contributed by atoms with Gasteiger partial charge >= 0.3 is 5.97 Å². The summed E-state index contributed by atoms with van der Waals surface area (Å²) in [5.41, 5.74) is 2.20. The molecule has 1 rings (SSSR count). The smallest absolute Gasteiger partial charge is 0.321 e. The van der Waals surface area contributed by atoms with Crippen molar-refractivity contribution in [3.63, 3.8) is 0 Å². The zero-order valence-corrected chi connectivity index (χ0v) is 9.95. The van der Waals surface area contributed by atoms with Gasteiger partial charge in [-0.1, -0.05) is 29.8 Å². The molecule has 0 fully saturated rings. The van der Waals surface area contributed by atoms with Crippen molar-refractivity contribution in [3.05, 3.63) is 35.4 Å². The summed E-state index contributed by atoms with van der Waals surface area (Å²) in [5.74, 6) is -0.811. The molecule has 0 aliphatic carbocycles. The van der Waals surface area contributed by atoms with Gasteiger partial charge in [-0.15, -0.1) is 0 Å². The van der Waals surface area contributed by atoms with Crippen molar-refractivity contribution in [1.29, 1.82) is 0 Å². The van der Waals surface area contributed by atoms with Crippen molar-refractivity contribution in [2.45, 2.75) is 19.4 Å². The molecule has 0 aliphatic heterocycles. The van der Waals surface area contributed by atoms with Crippen LogP contribution < -0.4 is 5.32 Å². The standard InChI is InChI=1S/C11H15NO2.H2S/c1-8-4-3-5-9(6-8)7-10(12-2)11(13)14;/h3-6,10,12H,7H2,1-2H3,(H,13,14);1H2/t10-;/m0./s1. The van der Waals surface area contributed by atoms with Crippen molar-refractivity contribution in [2.75, 3.05) is 7.05 Å². The number of hydrogen-bond acceptors (Lipinski definition) is 2. The first-order chi connectivity index (χ1) is 6.63. The summed E-state index contributed by atoms with van der Waals surface area (Å²) in [6, 6.07) is 7.39. The third kappa shape index (κ3) is 4.36. The molecule has 84 valence electrons. The van der Waals surface area contributed by atoms with E-state index in [2.05, 4.69) is 5.32 Å². The molecule has 0 saturated heterocycles. The average Bonchev–Trinajstić information content (AvgIpc) is 2.14. The number of likely N-dealkylation sites (N-methyl/N-ethyl adjacent to an activating group) is 1. The lowest BCUT2D eigenvalue weighted by atomic mass is 10.0. The van der Waals surface area contributed by atoms with Gasteiger partial charge in [0.2, 0.25) is 0 Å². The van der Waals surface area contributed by atoms with Crippen LogP contribution in [0.5, 0.6) is 0 Å². The van der Waals surface area contributed by atoms with Crippen LogP contribution in [-0.2, 0) is 11.2 Å². The van der Waals surface area contributed by atoms with Gasteiger partial charge in [-0.3, -0.25) is 4.79 Å². The number of hydrogen-bond donors (Lipinski definition) is 2. The summed E-state index contributed by atoms with van der Waals surface area (Å²) in [7, 11) is 1.66. The highest BCUT2D eigenvalue weighted by atomic mass is 32.1. The fraction of sp³-hybridized carbons (Fsp3) is 0.364. The Balaban J connectivity index is 0.00000196. The van der Waals surface area contributed by atoms with Crippen molar-refractivity contribution in [2.24, 2.45) is 0 Å². The fourth-order valence-electron chi connectivity index (χ4n) is 1.39. The summed E-state index contributed by atoms with van der Waals surface area (Å²) in [6.07, 6.45) is 0.521. The molecule has 0 amide bonds. The number of nitrogens with one attached hydrogen (secondary N) is 1. The zero-order valence-electron chi connectivity index (χ0n) is 8.95. The summed E-state index contributed by atoms with van der Waals surface area (Å²) >= 11 is 0. The second-order valence-electron chi connectivity index (χ2n) is 3.37. The lowest BCUT2D eigenvalue weighted by Crippen LogP contribution is -2.35. The van der Waals surface area contributed by atoms with Gasteiger partial charge in [-0.2, -0.15) is 13.5 Å². The van der Waals surface area contributed by atoms with E-state index in [4.69, 9.17) is 5.11 Å². The average molecular weight is 227 g/mol. The van der Waals surface area contributed by atoms with Gasteiger partial charge in [0.15, 0.2) is 0 Å². The molecule has 15 heavy (non-hydrogen) atoms. The molecule has 1 aromatic carbocycles.